The number of piperazine rings is 3. The maximum Gasteiger partial charge on any atom is 0.147 e. The van der Waals surface area contributed by atoms with Crippen molar-refractivity contribution in [2.24, 2.45) is 0 Å². The highest BCUT2D eigenvalue weighted by molar-refractivity contribution is 5.13. The molecule has 4 heterocycles. The minimum Gasteiger partial charge on any atom is -0.311 e. The summed E-state index contributed by atoms with van der Waals surface area (Å²) in [6, 6.07) is 2.48. The smallest absolute Gasteiger partial charge is 0.147 e. The lowest BCUT2D eigenvalue weighted by Gasteiger charge is -2.46. The van der Waals surface area contributed by atoms with Gasteiger partial charge in [0.25, 0.3) is 0 Å². The van der Waals surface area contributed by atoms with E-state index in [1.807, 2.05) is 0 Å². The van der Waals surface area contributed by atoms with E-state index in [9.17, 15) is 0 Å². The third kappa shape index (κ3) is 2.78. The number of hydrogen-bond donors (Lipinski definition) is 1. The quantitative estimate of drug-likeness (QED) is 0.858. The van der Waals surface area contributed by atoms with E-state index in [0.717, 1.165) is 49.9 Å². The maximum absolute atomic E-state index is 4.77. The Morgan fingerprint density at radius 3 is 2.68 bits per heavy atom. The number of fused-ring (bicyclic) bond motifs is 3. The molecule has 5 nitrogen and oxygen atoms in total. The van der Waals surface area contributed by atoms with Crippen LogP contribution in [0.15, 0.2) is 6.07 Å². The van der Waals surface area contributed by atoms with Crippen LogP contribution in [0.2, 0.25) is 0 Å². The van der Waals surface area contributed by atoms with Crippen molar-refractivity contribution in [3.63, 3.8) is 0 Å². The average molecular weight is 261 g/mol. The van der Waals surface area contributed by atoms with Gasteiger partial charge in [-0.25, -0.2) is 9.97 Å². The van der Waals surface area contributed by atoms with Gasteiger partial charge >= 0.3 is 0 Å². The van der Waals surface area contributed by atoms with Gasteiger partial charge in [0, 0.05) is 45.0 Å². The number of rotatable bonds is 4. The summed E-state index contributed by atoms with van der Waals surface area (Å²) < 4.78 is 0. The van der Waals surface area contributed by atoms with Crippen molar-refractivity contribution in [1.29, 1.82) is 0 Å². The minimum atomic E-state index is 0.391. The van der Waals surface area contributed by atoms with Gasteiger partial charge in [-0.15, -0.1) is 0 Å². The van der Waals surface area contributed by atoms with Gasteiger partial charge in [-0.05, 0) is 19.5 Å². The number of hydrogen-bond acceptors (Lipinski definition) is 5. The van der Waals surface area contributed by atoms with Crippen molar-refractivity contribution < 1.29 is 0 Å². The van der Waals surface area contributed by atoms with Crippen molar-refractivity contribution in [2.75, 3.05) is 39.3 Å². The Labute approximate surface area is 115 Å². The summed E-state index contributed by atoms with van der Waals surface area (Å²) in [5, 5.41) is 3.34. The van der Waals surface area contributed by atoms with E-state index in [-0.39, 0.29) is 0 Å². The maximum atomic E-state index is 4.77. The summed E-state index contributed by atoms with van der Waals surface area (Å²) in [7, 11) is 0. The molecule has 2 bridgehead atoms. The molecule has 0 spiro atoms. The Morgan fingerprint density at radius 2 is 2.05 bits per heavy atom. The molecule has 104 valence electrons. The van der Waals surface area contributed by atoms with E-state index in [4.69, 9.17) is 4.98 Å². The molecule has 0 aromatic carbocycles. The molecule has 3 aliphatic rings. The number of nitrogens with one attached hydrogen (secondary N) is 1. The largest absolute Gasteiger partial charge is 0.311 e. The first-order chi connectivity index (χ1) is 9.26. The van der Waals surface area contributed by atoms with E-state index >= 15 is 0 Å². The lowest BCUT2D eigenvalue weighted by molar-refractivity contribution is 0.00849. The monoisotopic (exact) mass is 261 g/mol. The second-order valence-electron chi connectivity index (χ2n) is 5.49. The first-order valence-corrected chi connectivity index (χ1v) is 7.28. The molecule has 1 aromatic heterocycles. The Balaban J connectivity index is 1.81. The molecule has 3 aliphatic heterocycles. The predicted molar refractivity (Wildman–Crippen MR) is 74.9 cm³/mol. The Hall–Kier alpha value is -1.04. The van der Waals surface area contributed by atoms with Crippen LogP contribution in [0.3, 0.4) is 0 Å². The van der Waals surface area contributed by atoms with Crippen LogP contribution in [0, 0.1) is 6.92 Å². The summed E-state index contributed by atoms with van der Waals surface area (Å²) in [6.07, 6.45) is 0. The van der Waals surface area contributed by atoms with Crippen LogP contribution in [-0.4, -0.2) is 59.0 Å². The molecular formula is C14H23N5. The molecule has 1 aromatic rings. The van der Waals surface area contributed by atoms with Crippen LogP contribution in [0.4, 0.5) is 0 Å². The average Bonchev–Trinajstić information content (AvgIpc) is 2.46. The van der Waals surface area contributed by atoms with Crippen molar-refractivity contribution in [3.05, 3.63) is 23.3 Å². The fourth-order valence-electron chi connectivity index (χ4n) is 3.01. The van der Waals surface area contributed by atoms with Gasteiger partial charge in [0.05, 0.1) is 11.7 Å². The van der Waals surface area contributed by atoms with Gasteiger partial charge in [0.1, 0.15) is 5.82 Å². The van der Waals surface area contributed by atoms with Gasteiger partial charge < -0.3 is 5.32 Å². The fourth-order valence-corrected chi connectivity index (χ4v) is 3.01. The molecule has 0 aliphatic carbocycles. The predicted octanol–water partition coefficient (Wildman–Crippen LogP) is 0.567. The normalized spacial score (nSPS) is 29.7. The molecule has 5 heteroatoms. The molecule has 0 amide bonds. The number of aryl methyl sites for hydroxylation is 1. The highest BCUT2D eigenvalue weighted by Crippen LogP contribution is 2.26. The Morgan fingerprint density at radius 1 is 1.26 bits per heavy atom. The van der Waals surface area contributed by atoms with Crippen LogP contribution in [-0.2, 0) is 6.54 Å². The molecule has 0 radical (unpaired) electrons. The molecule has 4 rings (SSSR count). The minimum absolute atomic E-state index is 0.391. The molecule has 1 N–H and O–H groups in total. The van der Waals surface area contributed by atoms with E-state index in [2.05, 4.69) is 40.0 Å². The summed E-state index contributed by atoms with van der Waals surface area (Å²) >= 11 is 0. The van der Waals surface area contributed by atoms with Crippen molar-refractivity contribution in [1.82, 2.24) is 25.1 Å². The van der Waals surface area contributed by atoms with Gasteiger partial charge in [0.15, 0.2) is 0 Å². The zero-order chi connectivity index (χ0) is 13.2. The Bertz CT molecular complexity index is 439. The highest BCUT2D eigenvalue weighted by atomic mass is 15.4. The van der Waals surface area contributed by atoms with E-state index in [1.54, 1.807) is 0 Å². The SMILES string of the molecule is CCNCc1cc(C)nc(C2CN3CCN2CC3)n1. The second kappa shape index (κ2) is 5.53. The third-order valence-corrected chi connectivity index (χ3v) is 4.06. The fraction of sp³-hybridized carbons (Fsp3) is 0.714. The van der Waals surface area contributed by atoms with Crippen LogP contribution >= 0.6 is 0 Å². The van der Waals surface area contributed by atoms with Crippen molar-refractivity contribution in [3.8, 4) is 0 Å². The lowest BCUT2D eigenvalue weighted by atomic mass is 10.1. The summed E-state index contributed by atoms with van der Waals surface area (Å²) in [6.45, 7) is 11.8. The molecule has 1 atom stereocenters. The Kier molecular flexibility index (Phi) is 3.77. The van der Waals surface area contributed by atoms with E-state index < -0.39 is 0 Å². The molecule has 3 saturated heterocycles. The van der Waals surface area contributed by atoms with Crippen LogP contribution in [0.1, 0.15) is 30.2 Å². The third-order valence-electron chi connectivity index (χ3n) is 4.06. The van der Waals surface area contributed by atoms with E-state index in [0.29, 0.717) is 6.04 Å². The molecular weight excluding hydrogens is 238 g/mol. The lowest BCUT2D eigenvalue weighted by Crippen LogP contribution is -2.57. The summed E-state index contributed by atoms with van der Waals surface area (Å²) in [4.78, 5) is 14.5. The van der Waals surface area contributed by atoms with Gasteiger partial charge in [-0.3, -0.25) is 9.80 Å². The first kappa shape index (κ1) is 13.0. The number of aromatic nitrogens is 2. The topological polar surface area (TPSA) is 44.3 Å². The summed E-state index contributed by atoms with van der Waals surface area (Å²) in [5.74, 6) is 1.01. The molecule has 0 saturated carbocycles. The standard InChI is InChI=1S/C14H23N5/c1-3-15-9-12-8-11(2)16-14(17-12)13-10-18-4-6-19(13)7-5-18/h8,13,15H,3-7,9-10H2,1-2H3. The van der Waals surface area contributed by atoms with Gasteiger partial charge in [-0.2, -0.15) is 0 Å². The highest BCUT2D eigenvalue weighted by Gasteiger charge is 2.34. The second-order valence-corrected chi connectivity index (χ2v) is 5.49. The van der Waals surface area contributed by atoms with Crippen LogP contribution < -0.4 is 5.32 Å². The van der Waals surface area contributed by atoms with Crippen molar-refractivity contribution in [2.45, 2.75) is 26.4 Å². The molecule has 19 heavy (non-hydrogen) atoms. The van der Waals surface area contributed by atoms with Gasteiger partial charge in [0.2, 0.25) is 0 Å². The van der Waals surface area contributed by atoms with Crippen LogP contribution in [0.5, 0.6) is 0 Å². The zero-order valence-electron chi connectivity index (χ0n) is 11.9. The summed E-state index contributed by atoms with van der Waals surface area (Å²) in [5.41, 5.74) is 2.19. The van der Waals surface area contributed by atoms with E-state index in [1.165, 1.54) is 13.1 Å². The van der Waals surface area contributed by atoms with Crippen LogP contribution in [0.25, 0.3) is 0 Å². The zero-order valence-corrected chi connectivity index (χ0v) is 11.9. The molecule has 1 unspecified atom stereocenters. The van der Waals surface area contributed by atoms with Gasteiger partial charge in [-0.1, -0.05) is 6.92 Å². The van der Waals surface area contributed by atoms with Crippen molar-refractivity contribution >= 4 is 0 Å². The first-order valence-electron chi connectivity index (χ1n) is 7.28. The number of nitrogens with zero attached hydrogens (tertiary/aromatic N) is 4. The molecule has 3 fully saturated rings.